The number of aryl methyl sites for hydroxylation is 1. The van der Waals surface area contributed by atoms with Crippen LogP contribution in [0.25, 0.3) is 11.1 Å². The molecule has 1 heterocycles. The highest BCUT2D eigenvalue weighted by molar-refractivity contribution is 5.72. The number of ether oxygens (including phenoxy) is 2. The van der Waals surface area contributed by atoms with Gasteiger partial charge in [0.05, 0.1) is 6.20 Å². The predicted molar refractivity (Wildman–Crippen MR) is 106 cm³/mol. The van der Waals surface area contributed by atoms with Gasteiger partial charge in [0.1, 0.15) is 18.0 Å². The summed E-state index contributed by atoms with van der Waals surface area (Å²) in [6.45, 7) is 6.26. The lowest BCUT2D eigenvalue weighted by atomic mass is 10.1. The Hall–Kier alpha value is -3.07. The van der Waals surface area contributed by atoms with Crippen molar-refractivity contribution >= 4 is 12.1 Å². The monoisotopic (exact) mass is 405 g/mol. The standard InChI is InChI=1S/C20H27N3O6/c1-20(2,3)29-19(27)21-9-4-10-23-12-15(11-22-23)14-5-7-16(8-6-14)28-13-17(24)18(25)26/h5-8,11-12,17,24H,4,9-10,13H2,1-3H3,(H,21,27)(H,25,26). The molecule has 0 aliphatic carbocycles. The predicted octanol–water partition coefficient (Wildman–Crippen LogP) is 2.29. The van der Waals surface area contributed by atoms with E-state index in [9.17, 15) is 14.7 Å². The Bertz CT molecular complexity index is 810. The number of carbonyl (C=O) groups excluding carboxylic acids is 1. The second kappa shape index (κ2) is 9.92. The minimum Gasteiger partial charge on any atom is -0.490 e. The van der Waals surface area contributed by atoms with Gasteiger partial charge in [-0.1, -0.05) is 12.1 Å². The van der Waals surface area contributed by atoms with Gasteiger partial charge in [-0.15, -0.1) is 0 Å². The number of hydrogen-bond donors (Lipinski definition) is 3. The van der Waals surface area contributed by atoms with Crippen molar-refractivity contribution in [3.63, 3.8) is 0 Å². The van der Waals surface area contributed by atoms with Gasteiger partial charge in [0.15, 0.2) is 6.10 Å². The van der Waals surface area contributed by atoms with E-state index in [1.807, 2.05) is 39.1 Å². The second-order valence-electron chi connectivity index (χ2n) is 7.46. The van der Waals surface area contributed by atoms with Crippen LogP contribution in [-0.4, -0.2) is 56.9 Å². The lowest BCUT2D eigenvalue weighted by Crippen LogP contribution is -2.33. The lowest BCUT2D eigenvalue weighted by Gasteiger charge is -2.19. The minimum absolute atomic E-state index is 0.316. The van der Waals surface area contributed by atoms with Gasteiger partial charge in [-0.05, 0) is 44.9 Å². The van der Waals surface area contributed by atoms with E-state index in [2.05, 4.69) is 10.4 Å². The van der Waals surface area contributed by atoms with Crippen molar-refractivity contribution in [2.45, 2.75) is 45.4 Å². The quantitative estimate of drug-likeness (QED) is 0.547. The number of aliphatic hydroxyl groups excluding tert-OH is 1. The Morgan fingerprint density at radius 1 is 1.21 bits per heavy atom. The maximum Gasteiger partial charge on any atom is 0.407 e. The number of alkyl carbamates (subject to hydrolysis) is 1. The number of aliphatic hydroxyl groups is 1. The Kier molecular flexibility index (Phi) is 7.60. The van der Waals surface area contributed by atoms with Gasteiger partial charge >= 0.3 is 12.1 Å². The van der Waals surface area contributed by atoms with E-state index >= 15 is 0 Å². The van der Waals surface area contributed by atoms with Gasteiger partial charge < -0.3 is 25.0 Å². The van der Waals surface area contributed by atoms with Crippen LogP contribution in [0, 0.1) is 0 Å². The van der Waals surface area contributed by atoms with Gasteiger partial charge in [0.2, 0.25) is 0 Å². The lowest BCUT2D eigenvalue weighted by molar-refractivity contribution is -0.148. The van der Waals surface area contributed by atoms with E-state index in [4.69, 9.17) is 14.6 Å². The fraction of sp³-hybridized carbons (Fsp3) is 0.450. The molecule has 2 aromatic rings. The largest absolute Gasteiger partial charge is 0.490 e. The van der Waals surface area contributed by atoms with Crippen LogP contribution < -0.4 is 10.1 Å². The number of amides is 1. The first kappa shape index (κ1) is 22.2. The van der Waals surface area contributed by atoms with Crippen molar-refractivity contribution < 1.29 is 29.3 Å². The average molecular weight is 405 g/mol. The Labute approximate surface area is 169 Å². The maximum atomic E-state index is 11.6. The van der Waals surface area contributed by atoms with Crippen LogP contribution >= 0.6 is 0 Å². The number of benzene rings is 1. The third-order valence-corrected chi connectivity index (χ3v) is 3.75. The summed E-state index contributed by atoms with van der Waals surface area (Å²) in [5.41, 5.74) is 1.33. The molecule has 0 radical (unpaired) electrons. The first-order valence-electron chi connectivity index (χ1n) is 9.27. The first-order valence-corrected chi connectivity index (χ1v) is 9.27. The number of rotatable bonds is 9. The summed E-state index contributed by atoms with van der Waals surface area (Å²) in [5.74, 6) is -0.856. The van der Waals surface area contributed by atoms with Gasteiger partial charge in [-0.3, -0.25) is 4.68 Å². The van der Waals surface area contributed by atoms with Crippen LogP contribution in [0.15, 0.2) is 36.7 Å². The average Bonchev–Trinajstić information content (AvgIpc) is 3.11. The summed E-state index contributed by atoms with van der Waals surface area (Å²) in [6, 6.07) is 7.06. The molecular weight excluding hydrogens is 378 g/mol. The molecule has 1 atom stereocenters. The van der Waals surface area contributed by atoms with Crippen molar-refractivity contribution in [2.24, 2.45) is 0 Å². The van der Waals surface area contributed by atoms with Gasteiger partial charge in [0, 0.05) is 24.8 Å². The fourth-order valence-electron chi connectivity index (χ4n) is 2.37. The van der Waals surface area contributed by atoms with Crippen molar-refractivity contribution in [3.05, 3.63) is 36.7 Å². The molecule has 0 bridgehead atoms. The number of nitrogens with zero attached hydrogens (tertiary/aromatic N) is 2. The molecule has 158 valence electrons. The fourth-order valence-corrected chi connectivity index (χ4v) is 2.37. The molecule has 1 aromatic heterocycles. The molecule has 0 saturated heterocycles. The molecule has 9 heteroatoms. The van der Waals surface area contributed by atoms with Crippen LogP contribution in [0.1, 0.15) is 27.2 Å². The van der Waals surface area contributed by atoms with Gasteiger partial charge in [-0.25, -0.2) is 9.59 Å². The van der Waals surface area contributed by atoms with E-state index in [1.54, 1.807) is 23.0 Å². The molecule has 0 spiro atoms. The van der Waals surface area contributed by atoms with Crippen LogP contribution in [0.2, 0.25) is 0 Å². The van der Waals surface area contributed by atoms with Gasteiger partial charge in [-0.2, -0.15) is 5.10 Å². The Balaban J connectivity index is 1.79. The SMILES string of the molecule is CC(C)(C)OC(=O)NCCCn1cc(-c2ccc(OCC(O)C(=O)O)cc2)cn1. The molecule has 9 nitrogen and oxygen atoms in total. The maximum absolute atomic E-state index is 11.6. The van der Waals surface area contributed by atoms with Gasteiger partial charge in [0.25, 0.3) is 0 Å². The van der Waals surface area contributed by atoms with Crippen LogP contribution in [-0.2, 0) is 16.1 Å². The molecule has 29 heavy (non-hydrogen) atoms. The second-order valence-corrected chi connectivity index (χ2v) is 7.46. The van der Waals surface area contributed by atoms with Crippen molar-refractivity contribution in [1.29, 1.82) is 0 Å². The Morgan fingerprint density at radius 3 is 2.52 bits per heavy atom. The summed E-state index contributed by atoms with van der Waals surface area (Å²) in [7, 11) is 0. The summed E-state index contributed by atoms with van der Waals surface area (Å²) in [6.07, 6.45) is 2.36. The highest BCUT2D eigenvalue weighted by Gasteiger charge is 2.15. The van der Waals surface area contributed by atoms with Crippen molar-refractivity contribution in [3.8, 4) is 16.9 Å². The third kappa shape index (κ3) is 7.82. The molecule has 1 aromatic carbocycles. The molecule has 0 aliphatic rings. The number of aromatic nitrogens is 2. The zero-order valence-corrected chi connectivity index (χ0v) is 16.8. The van der Waals surface area contributed by atoms with Crippen LogP contribution in [0.5, 0.6) is 5.75 Å². The Morgan fingerprint density at radius 2 is 1.90 bits per heavy atom. The molecule has 0 fully saturated rings. The summed E-state index contributed by atoms with van der Waals surface area (Å²) in [5, 5.41) is 24.9. The molecule has 1 unspecified atom stereocenters. The van der Waals surface area contributed by atoms with E-state index < -0.39 is 23.8 Å². The number of carboxylic acid groups (broad SMARTS) is 1. The zero-order valence-electron chi connectivity index (χ0n) is 16.8. The minimum atomic E-state index is -1.56. The molecular formula is C20H27N3O6. The molecule has 1 amide bonds. The highest BCUT2D eigenvalue weighted by atomic mass is 16.6. The topological polar surface area (TPSA) is 123 Å². The molecule has 3 N–H and O–H groups in total. The normalized spacial score (nSPS) is 12.3. The molecule has 0 aliphatic heterocycles. The number of nitrogens with one attached hydrogen (secondary N) is 1. The third-order valence-electron chi connectivity index (χ3n) is 3.75. The summed E-state index contributed by atoms with van der Waals surface area (Å²) >= 11 is 0. The summed E-state index contributed by atoms with van der Waals surface area (Å²) < 4.78 is 12.2. The van der Waals surface area contributed by atoms with E-state index in [-0.39, 0.29) is 6.61 Å². The number of aliphatic carboxylic acids is 1. The summed E-state index contributed by atoms with van der Waals surface area (Å²) in [4.78, 5) is 22.2. The molecule has 2 rings (SSSR count). The van der Waals surface area contributed by atoms with Crippen molar-refractivity contribution in [2.75, 3.05) is 13.2 Å². The molecule has 0 saturated carbocycles. The van der Waals surface area contributed by atoms with E-state index in [0.717, 1.165) is 11.1 Å². The van der Waals surface area contributed by atoms with Crippen LogP contribution in [0.4, 0.5) is 4.79 Å². The zero-order chi connectivity index (χ0) is 21.4. The van der Waals surface area contributed by atoms with E-state index in [0.29, 0.717) is 25.3 Å². The number of carboxylic acids is 1. The number of carbonyl (C=O) groups is 2. The first-order chi connectivity index (χ1) is 13.6. The number of hydrogen-bond acceptors (Lipinski definition) is 6. The van der Waals surface area contributed by atoms with Crippen molar-refractivity contribution in [1.82, 2.24) is 15.1 Å². The highest BCUT2D eigenvalue weighted by Crippen LogP contribution is 2.22. The van der Waals surface area contributed by atoms with E-state index in [1.165, 1.54) is 0 Å². The smallest absolute Gasteiger partial charge is 0.407 e. The van der Waals surface area contributed by atoms with Crippen LogP contribution in [0.3, 0.4) is 0 Å².